The second kappa shape index (κ2) is 5.85. The molecule has 0 aliphatic carbocycles. The third-order valence-corrected chi connectivity index (χ3v) is 3.66. The molecule has 0 radical (unpaired) electrons. The smallest absolute Gasteiger partial charge is 0.230 e. The highest BCUT2D eigenvalue weighted by Gasteiger charge is 2.28. The highest BCUT2D eigenvalue weighted by atomic mass is 19.1. The SMILES string of the molecule is N#CN1CC[C@H](C(=O)Nc2cn(-c3ccccc3F)cn2)C1. The zero-order valence-corrected chi connectivity index (χ0v) is 11.7. The number of likely N-dealkylation sites (tertiary alicyclic amines) is 1. The van der Waals surface area contributed by atoms with E-state index in [0.29, 0.717) is 31.0 Å². The van der Waals surface area contributed by atoms with Crippen molar-refractivity contribution in [2.24, 2.45) is 5.92 Å². The Morgan fingerprint density at radius 1 is 1.45 bits per heavy atom. The van der Waals surface area contributed by atoms with E-state index in [1.807, 2.05) is 6.19 Å². The standard InChI is InChI=1S/C15H14FN5O/c16-12-3-1-2-4-13(12)21-8-14(18-10-21)19-15(22)11-5-6-20(7-11)9-17/h1-4,8,10-11H,5-7H2,(H,19,22)/t11-/m0/s1. The van der Waals surface area contributed by atoms with Gasteiger partial charge in [0.2, 0.25) is 5.91 Å². The van der Waals surface area contributed by atoms with E-state index >= 15 is 0 Å². The molecule has 1 aliphatic rings. The summed E-state index contributed by atoms with van der Waals surface area (Å²) in [6.07, 6.45) is 5.69. The van der Waals surface area contributed by atoms with Crippen LogP contribution < -0.4 is 5.32 Å². The Balaban J connectivity index is 1.69. The number of nitrogens with zero attached hydrogens (tertiary/aromatic N) is 4. The van der Waals surface area contributed by atoms with Crippen molar-refractivity contribution in [3.63, 3.8) is 0 Å². The fraction of sp³-hybridized carbons (Fsp3) is 0.267. The number of benzene rings is 1. The molecule has 0 spiro atoms. The molecule has 112 valence electrons. The summed E-state index contributed by atoms with van der Waals surface area (Å²) in [5, 5.41) is 11.5. The maximum Gasteiger partial charge on any atom is 0.230 e. The zero-order chi connectivity index (χ0) is 15.5. The zero-order valence-electron chi connectivity index (χ0n) is 11.7. The molecule has 0 unspecified atom stereocenters. The molecule has 6 nitrogen and oxygen atoms in total. The summed E-state index contributed by atoms with van der Waals surface area (Å²) in [5.74, 6) is -0.392. The fourth-order valence-electron chi connectivity index (χ4n) is 2.47. The van der Waals surface area contributed by atoms with Crippen molar-refractivity contribution in [3.8, 4) is 11.9 Å². The van der Waals surface area contributed by atoms with Gasteiger partial charge in [-0.15, -0.1) is 0 Å². The Bertz CT molecular complexity index is 736. The Morgan fingerprint density at radius 2 is 2.27 bits per heavy atom. The quantitative estimate of drug-likeness (QED) is 0.876. The molecule has 1 aliphatic heterocycles. The molecule has 2 heterocycles. The van der Waals surface area contributed by atoms with E-state index in [4.69, 9.17) is 5.26 Å². The molecule has 1 N–H and O–H groups in total. The van der Waals surface area contributed by atoms with E-state index in [1.165, 1.54) is 17.0 Å². The summed E-state index contributed by atoms with van der Waals surface area (Å²) in [4.78, 5) is 17.7. The molecule has 2 aromatic rings. The number of amides is 1. The summed E-state index contributed by atoms with van der Waals surface area (Å²) in [6, 6.07) is 6.33. The number of imidazole rings is 1. The number of nitriles is 1. The van der Waals surface area contributed by atoms with Gasteiger partial charge in [0.15, 0.2) is 12.0 Å². The predicted octanol–water partition coefficient (Wildman–Crippen LogP) is 1.75. The van der Waals surface area contributed by atoms with Crippen molar-refractivity contribution in [2.75, 3.05) is 18.4 Å². The minimum atomic E-state index is -0.363. The Labute approximate surface area is 126 Å². The lowest BCUT2D eigenvalue weighted by atomic mass is 10.1. The minimum Gasteiger partial charge on any atom is -0.310 e. The summed E-state index contributed by atoms with van der Waals surface area (Å²) in [5.41, 5.74) is 0.368. The molecule has 1 atom stereocenters. The minimum absolute atomic E-state index is 0.170. The molecular formula is C15H14FN5O. The van der Waals surface area contributed by atoms with Gasteiger partial charge in [-0.1, -0.05) is 12.1 Å². The van der Waals surface area contributed by atoms with Crippen LogP contribution in [0.3, 0.4) is 0 Å². The number of carbonyl (C=O) groups is 1. The highest BCUT2D eigenvalue weighted by molar-refractivity contribution is 5.92. The number of para-hydroxylation sites is 1. The van der Waals surface area contributed by atoms with Crippen LogP contribution in [-0.4, -0.2) is 33.4 Å². The van der Waals surface area contributed by atoms with Crippen molar-refractivity contribution in [3.05, 3.63) is 42.6 Å². The van der Waals surface area contributed by atoms with Gasteiger partial charge >= 0.3 is 0 Å². The van der Waals surface area contributed by atoms with E-state index in [0.717, 1.165) is 0 Å². The third-order valence-electron chi connectivity index (χ3n) is 3.66. The monoisotopic (exact) mass is 299 g/mol. The number of hydrogen-bond donors (Lipinski definition) is 1. The molecule has 1 saturated heterocycles. The maximum absolute atomic E-state index is 13.7. The summed E-state index contributed by atoms with van der Waals surface area (Å²) < 4.78 is 15.2. The van der Waals surface area contributed by atoms with Crippen molar-refractivity contribution in [1.82, 2.24) is 14.5 Å². The molecule has 1 amide bonds. The van der Waals surface area contributed by atoms with Crippen LogP contribution in [0.2, 0.25) is 0 Å². The van der Waals surface area contributed by atoms with Crippen molar-refractivity contribution < 1.29 is 9.18 Å². The topological polar surface area (TPSA) is 74.0 Å². The molecular weight excluding hydrogens is 285 g/mol. The van der Waals surface area contributed by atoms with Gasteiger partial charge in [0.1, 0.15) is 12.1 Å². The Hall–Kier alpha value is -2.88. The number of halogens is 1. The van der Waals surface area contributed by atoms with E-state index in [1.54, 1.807) is 29.3 Å². The van der Waals surface area contributed by atoms with E-state index in [9.17, 15) is 9.18 Å². The average Bonchev–Trinajstić information content (AvgIpc) is 3.16. The second-order valence-electron chi connectivity index (χ2n) is 5.14. The number of rotatable bonds is 3. The van der Waals surface area contributed by atoms with Crippen LogP contribution in [0.4, 0.5) is 10.2 Å². The number of hydrogen-bond acceptors (Lipinski definition) is 4. The molecule has 1 aromatic heterocycles. The first-order valence-corrected chi connectivity index (χ1v) is 6.92. The number of nitrogens with one attached hydrogen (secondary N) is 1. The lowest BCUT2D eigenvalue weighted by molar-refractivity contribution is -0.119. The van der Waals surface area contributed by atoms with Crippen molar-refractivity contribution in [2.45, 2.75) is 6.42 Å². The van der Waals surface area contributed by atoms with Crippen molar-refractivity contribution in [1.29, 1.82) is 5.26 Å². The molecule has 7 heteroatoms. The van der Waals surface area contributed by atoms with Gasteiger partial charge in [0.05, 0.1) is 17.8 Å². The second-order valence-corrected chi connectivity index (χ2v) is 5.14. The average molecular weight is 299 g/mol. The van der Waals surface area contributed by atoms with E-state index in [2.05, 4.69) is 10.3 Å². The summed E-state index contributed by atoms with van der Waals surface area (Å²) >= 11 is 0. The third kappa shape index (κ3) is 2.76. The summed E-state index contributed by atoms with van der Waals surface area (Å²) in [7, 11) is 0. The van der Waals surface area contributed by atoms with Crippen LogP contribution in [0, 0.1) is 23.2 Å². The van der Waals surface area contributed by atoms with Gasteiger partial charge in [-0.2, -0.15) is 5.26 Å². The molecule has 0 bridgehead atoms. The van der Waals surface area contributed by atoms with Crippen LogP contribution in [0.25, 0.3) is 5.69 Å². The Morgan fingerprint density at radius 3 is 3.00 bits per heavy atom. The maximum atomic E-state index is 13.7. The van der Waals surface area contributed by atoms with Gasteiger partial charge in [0.25, 0.3) is 0 Å². The fourth-order valence-corrected chi connectivity index (χ4v) is 2.47. The van der Waals surface area contributed by atoms with Gasteiger partial charge in [-0.05, 0) is 18.6 Å². The highest BCUT2D eigenvalue weighted by Crippen LogP contribution is 2.19. The van der Waals surface area contributed by atoms with Crippen LogP contribution in [0.15, 0.2) is 36.8 Å². The van der Waals surface area contributed by atoms with Crippen LogP contribution >= 0.6 is 0 Å². The molecule has 1 fully saturated rings. The first-order chi connectivity index (χ1) is 10.7. The molecule has 1 aromatic carbocycles. The lowest BCUT2D eigenvalue weighted by Crippen LogP contribution is -2.25. The van der Waals surface area contributed by atoms with Crippen LogP contribution in [0.1, 0.15) is 6.42 Å². The van der Waals surface area contributed by atoms with Crippen molar-refractivity contribution >= 4 is 11.7 Å². The first kappa shape index (κ1) is 14.1. The van der Waals surface area contributed by atoms with Crippen LogP contribution in [0.5, 0.6) is 0 Å². The predicted molar refractivity (Wildman–Crippen MR) is 77.4 cm³/mol. The first-order valence-electron chi connectivity index (χ1n) is 6.92. The largest absolute Gasteiger partial charge is 0.310 e. The van der Waals surface area contributed by atoms with Crippen LogP contribution in [-0.2, 0) is 4.79 Å². The number of carbonyl (C=O) groups excluding carboxylic acids is 1. The van der Waals surface area contributed by atoms with E-state index in [-0.39, 0.29) is 17.6 Å². The number of anilines is 1. The summed E-state index contributed by atoms with van der Waals surface area (Å²) in [6.45, 7) is 1.02. The van der Waals surface area contributed by atoms with Gasteiger partial charge < -0.3 is 14.8 Å². The van der Waals surface area contributed by atoms with Gasteiger partial charge in [0, 0.05) is 13.1 Å². The number of aromatic nitrogens is 2. The van der Waals surface area contributed by atoms with Gasteiger partial charge in [-0.25, -0.2) is 9.37 Å². The molecule has 3 rings (SSSR count). The van der Waals surface area contributed by atoms with E-state index < -0.39 is 0 Å². The lowest BCUT2D eigenvalue weighted by Gasteiger charge is -2.08. The molecule has 0 saturated carbocycles. The Kier molecular flexibility index (Phi) is 3.74. The molecule has 22 heavy (non-hydrogen) atoms. The van der Waals surface area contributed by atoms with Gasteiger partial charge in [-0.3, -0.25) is 4.79 Å². The normalized spacial score (nSPS) is 17.3.